The number of furan rings is 1. The third kappa shape index (κ3) is 6.70. The Bertz CT molecular complexity index is 1400. The SMILES string of the molecule is CCOc1cc(N2CCN(c3ccccc3C)CC2)c(NC(=O)c2ccco2)cc1C(=O)NCCCN1CCCC1=O. The third-order valence-corrected chi connectivity index (χ3v) is 7.77. The molecule has 0 spiro atoms. The van der Waals surface area contributed by atoms with Gasteiger partial charge in [0.25, 0.3) is 11.8 Å². The van der Waals surface area contributed by atoms with Crippen molar-refractivity contribution < 1.29 is 23.5 Å². The number of anilines is 3. The first kappa shape index (κ1) is 29.0. The average Bonchev–Trinajstić information content (AvgIpc) is 3.69. The fourth-order valence-corrected chi connectivity index (χ4v) is 5.59. The molecule has 0 atom stereocenters. The predicted octanol–water partition coefficient (Wildman–Crippen LogP) is 4.31. The van der Waals surface area contributed by atoms with Crippen molar-refractivity contribution in [3.05, 3.63) is 71.7 Å². The van der Waals surface area contributed by atoms with E-state index in [1.54, 1.807) is 18.2 Å². The minimum atomic E-state index is -0.398. The van der Waals surface area contributed by atoms with Crippen LogP contribution in [0.1, 0.15) is 52.7 Å². The van der Waals surface area contributed by atoms with Gasteiger partial charge < -0.3 is 34.5 Å². The summed E-state index contributed by atoms with van der Waals surface area (Å²) in [5.41, 5.74) is 4.09. The van der Waals surface area contributed by atoms with Crippen LogP contribution in [0, 0.1) is 6.92 Å². The fraction of sp³-hybridized carbons (Fsp3) is 0.406. The Morgan fingerprint density at radius 2 is 1.71 bits per heavy atom. The number of likely N-dealkylation sites (tertiary alicyclic amines) is 1. The first-order valence-electron chi connectivity index (χ1n) is 14.7. The number of rotatable bonds is 11. The number of piperazine rings is 1. The van der Waals surface area contributed by atoms with Gasteiger partial charge in [-0.1, -0.05) is 18.2 Å². The van der Waals surface area contributed by atoms with Crippen LogP contribution >= 0.6 is 0 Å². The van der Waals surface area contributed by atoms with Gasteiger partial charge in [0.15, 0.2) is 5.76 Å². The lowest BCUT2D eigenvalue weighted by Gasteiger charge is -2.39. The molecule has 2 aliphatic rings. The Hall–Kier alpha value is -4.47. The third-order valence-electron chi connectivity index (χ3n) is 7.77. The smallest absolute Gasteiger partial charge is 0.291 e. The molecule has 0 radical (unpaired) electrons. The maximum absolute atomic E-state index is 13.4. The summed E-state index contributed by atoms with van der Waals surface area (Å²) in [5.74, 6) is 0.118. The van der Waals surface area contributed by atoms with E-state index < -0.39 is 5.91 Å². The Kier molecular flexibility index (Phi) is 9.31. The summed E-state index contributed by atoms with van der Waals surface area (Å²) in [7, 11) is 0. The summed E-state index contributed by atoms with van der Waals surface area (Å²) in [6.07, 6.45) is 3.60. The number of hydrogen-bond donors (Lipinski definition) is 2. The number of nitrogens with one attached hydrogen (secondary N) is 2. The molecule has 0 saturated carbocycles. The second-order valence-corrected chi connectivity index (χ2v) is 10.6. The Morgan fingerprint density at radius 3 is 2.38 bits per heavy atom. The van der Waals surface area contributed by atoms with Gasteiger partial charge in [-0.3, -0.25) is 14.4 Å². The van der Waals surface area contributed by atoms with Gasteiger partial charge >= 0.3 is 0 Å². The highest BCUT2D eigenvalue weighted by atomic mass is 16.5. The van der Waals surface area contributed by atoms with Crippen molar-refractivity contribution in [1.29, 1.82) is 0 Å². The minimum absolute atomic E-state index is 0.173. The zero-order chi connectivity index (χ0) is 29.5. The van der Waals surface area contributed by atoms with Gasteiger partial charge in [0.05, 0.1) is 29.8 Å². The van der Waals surface area contributed by atoms with Crippen molar-refractivity contribution in [2.24, 2.45) is 0 Å². The van der Waals surface area contributed by atoms with E-state index in [0.717, 1.165) is 44.8 Å². The standard InChI is InChI=1S/C32H39N5O5/c1-3-41-29-22-27(36-18-16-35(17-19-36)26-10-5-4-9-23(26)2)25(34-32(40)28-11-7-20-42-28)21-24(29)31(39)33-13-8-15-37-14-6-12-30(37)38/h4-5,7,9-11,20-22H,3,6,8,12-19H2,1-2H3,(H,33,39)(H,34,40). The number of ether oxygens (including phenoxy) is 1. The second kappa shape index (κ2) is 13.5. The number of para-hydroxylation sites is 1. The second-order valence-electron chi connectivity index (χ2n) is 10.6. The number of carbonyl (C=O) groups excluding carboxylic acids is 3. The molecule has 2 aromatic carbocycles. The summed E-state index contributed by atoms with van der Waals surface area (Å²) in [6, 6.07) is 15.2. The first-order valence-corrected chi connectivity index (χ1v) is 14.7. The Morgan fingerprint density at radius 1 is 0.952 bits per heavy atom. The van der Waals surface area contributed by atoms with E-state index in [-0.39, 0.29) is 17.6 Å². The van der Waals surface area contributed by atoms with E-state index >= 15 is 0 Å². The highest BCUT2D eigenvalue weighted by Gasteiger charge is 2.26. The van der Waals surface area contributed by atoms with Crippen molar-refractivity contribution in [2.45, 2.75) is 33.1 Å². The van der Waals surface area contributed by atoms with E-state index in [9.17, 15) is 14.4 Å². The van der Waals surface area contributed by atoms with Crippen molar-refractivity contribution in [3.63, 3.8) is 0 Å². The van der Waals surface area contributed by atoms with Crippen LogP contribution in [0.15, 0.2) is 59.2 Å². The van der Waals surface area contributed by atoms with Crippen LogP contribution in [-0.2, 0) is 4.79 Å². The van der Waals surface area contributed by atoms with E-state index in [0.29, 0.717) is 49.5 Å². The highest BCUT2D eigenvalue weighted by molar-refractivity contribution is 6.06. The molecule has 0 bridgehead atoms. The molecule has 2 fully saturated rings. The zero-order valence-corrected chi connectivity index (χ0v) is 24.4. The topological polar surface area (TPSA) is 107 Å². The maximum atomic E-state index is 13.4. The van der Waals surface area contributed by atoms with Gasteiger partial charge in [0.2, 0.25) is 5.91 Å². The lowest BCUT2D eigenvalue weighted by Crippen LogP contribution is -2.47. The summed E-state index contributed by atoms with van der Waals surface area (Å²) >= 11 is 0. The minimum Gasteiger partial charge on any atom is -0.493 e. The molecule has 1 aromatic heterocycles. The predicted molar refractivity (Wildman–Crippen MR) is 163 cm³/mol. The molecule has 2 aliphatic heterocycles. The Balaban J connectivity index is 1.36. The van der Waals surface area contributed by atoms with E-state index in [1.807, 2.05) is 24.0 Å². The summed E-state index contributed by atoms with van der Waals surface area (Å²) in [5, 5.41) is 5.93. The van der Waals surface area contributed by atoms with E-state index in [4.69, 9.17) is 9.15 Å². The number of benzene rings is 2. The van der Waals surface area contributed by atoms with Crippen molar-refractivity contribution in [2.75, 3.05) is 67.5 Å². The van der Waals surface area contributed by atoms with Gasteiger partial charge in [-0.15, -0.1) is 0 Å². The molecule has 2 saturated heterocycles. The quantitative estimate of drug-likeness (QED) is 0.329. The summed E-state index contributed by atoms with van der Waals surface area (Å²) in [6.45, 7) is 9.27. The lowest BCUT2D eigenvalue weighted by atomic mass is 10.1. The molecule has 42 heavy (non-hydrogen) atoms. The number of nitrogens with zero attached hydrogens (tertiary/aromatic N) is 3. The van der Waals surface area contributed by atoms with Crippen LogP contribution in [0.25, 0.3) is 0 Å². The van der Waals surface area contributed by atoms with Gasteiger partial charge in [0, 0.05) is 64.0 Å². The first-order chi connectivity index (χ1) is 20.4. The van der Waals surface area contributed by atoms with Crippen LogP contribution in [0.2, 0.25) is 0 Å². The number of aryl methyl sites for hydroxylation is 1. The van der Waals surface area contributed by atoms with Crippen LogP contribution in [0.5, 0.6) is 5.75 Å². The van der Waals surface area contributed by atoms with E-state index in [1.165, 1.54) is 17.5 Å². The van der Waals surface area contributed by atoms with Crippen LogP contribution in [-0.4, -0.2) is 75.0 Å². The lowest BCUT2D eigenvalue weighted by molar-refractivity contribution is -0.127. The van der Waals surface area contributed by atoms with Crippen LogP contribution in [0.3, 0.4) is 0 Å². The molecule has 3 heterocycles. The van der Waals surface area contributed by atoms with Crippen molar-refractivity contribution >= 4 is 34.8 Å². The summed E-state index contributed by atoms with van der Waals surface area (Å²) < 4.78 is 11.3. The fourth-order valence-electron chi connectivity index (χ4n) is 5.59. The average molecular weight is 574 g/mol. The monoisotopic (exact) mass is 573 g/mol. The van der Waals surface area contributed by atoms with Gasteiger partial charge in [-0.25, -0.2) is 0 Å². The maximum Gasteiger partial charge on any atom is 0.291 e. The normalized spacial score (nSPS) is 15.2. The molecule has 10 heteroatoms. The number of amides is 3. The van der Waals surface area contributed by atoms with Crippen molar-refractivity contribution in [1.82, 2.24) is 10.2 Å². The van der Waals surface area contributed by atoms with Gasteiger partial charge in [-0.05, 0) is 56.5 Å². The van der Waals surface area contributed by atoms with E-state index in [2.05, 4.69) is 45.6 Å². The molecule has 10 nitrogen and oxygen atoms in total. The molecule has 0 unspecified atom stereocenters. The summed E-state index contributed by atoms with van der Waals surface area (Å²) in [4.78, 5) is 44.7. The van der Waals surface area contributed by atoms with Crippen LogP contribution < -0.4 is 25.2 Å². The Labute approximate surface area is 246 Å². The molecule has 3 amide bonds. The number of hydrogen-bond acceptors (Lipinski definition) is 7. The van der Waals surface area contributed by atoms with Gasteiger partial charge in [0.1, 0.15) is 5.75 Å². The van der Waals surface area contributed by atoms with Crippen molar-refractivity contribution in [3.8, 4) is 5.75 Å². The molecule has 5 rings (SSSR count). The largest absolute Gasteiger partial charge is 0.493 e. The zero-order valence-electron chi connectivity index (χ0n) is 24.4. The molecule has 2 N–H and O–H groups in total. The molecular weight excluding hydrogens is 534 g/mol. The molecule has 0 aliphatic carbocycles. The van der Waals surface area contributed by atoms with Gasteiger partial charge in [-0.2, -0.15) is 0 Å². The number of carbonyl (C=O) groups is 3. The highest BCUT2D eigenvalue weighted by Crippen LogP contribution is 2.36. The molecule has 222 valence electrons. The molecular formula is C32H39N5O5. The van der Waals surface area contributed by atoms with Crippen LogP contribution in [0.4, 0.5) is 17.1 Å². The molecule has 3 aromatic rings.